The Kier molecular flexibility index (Phi) is 5.03. The molecule has 0 aliphatic carbocycles. The first kappa shape index (κ1) is 17.4. The van der Waals surface area contributed by atoms with Gasteiger partial charge in [-0.2, -0.15) is 0 Å². The number of nitrogens with zero attached hydrogens (tertiary/aromatic N) is 1. The molecule has 7 heteroatoms. The second-order valence-electron chi connectivity index (χ2n) is 6.18. The fraction of sp³-hybridized carbons (Fsp3) is 0.333. The smallest absolute Gasteiger partial charge is 0.251 e. The van der Waals surface area contributed by atoms with Crippen molar-refractivity contribution in [1.29, 1.82) is 0 Å². The third-order valence-electron chi connectivity index (χ3n) is 4.22. The highest BCUT2D eigenvalue weighted by molar-refractivity contribution is 7.91. The number of rotatable bonds is 5. The Labute approximate surface area is 147 Å². The number of carbonyl (C=O) groups is 1. The zero-order valence-corrected chi connectivity index (χ0v) is 14.8. The lowest BCUT2D eigenvalue weighted by Crippen LogP contribution is -2.35. The molecule has 2 heterocycles. The predicted molar refractivity (Wildman–Crippen MR) is 97.9 cm³/mol. The van der Waals surface area contributed by atoms with Crippen molar-refractivity contribution in [3.05, 3.63) is 53.7 Å². The Morgan fingerprint density at radius 1 is 1.24 bits per heavy atom. The predicted octanol–water partition coefficient (Wildman–Crippen LogP) is 2.30. The first-order valence-electron chi connectivity index (χ1n) is 8.28. The molecule has 1 aromatic carbocycles. The van der Waals surface area contributed by atoms with Crippen LogP contribution in [0.15, 0.2) is 42.6 Å². The summed E-state index contributed by atoms with van der Waals surface area (Å²) in [6, 6.07) is 11.0. The van der Waals surface area contributed by atoms with Crippen LogP contribution in [0.25, 0.3) is 0 Å². The summed E-state index contributed by atoms with van der Waals surface area (Å²) in [6.45, 7) is 2.10. The molecule has 3 rings (SSSR count). The van der Waals surface area contributed by atoms with E-state index in [1.54, 1.807) is 18.3 Å². The minimum Gasteiger partial charge on any atom is -0.348 e. The van der Waals surface area contributed by atoms with Crippen molar-refractivity contribution in [2.75, 3.05) is 16.8 Å². The van der Waals surface area contributed by atoms with Gasteiger partial charge in [0.1, 0.15) is 5.82 Å². The van der Waals surface area contributed by atoms with Gasteiger partial charge < -0.3 is 10.6 Å². The number of hydrogen-bond acceptors (Lipinski definition) is 5. The molecule has 1 fully saturated rings. The van der Waals surface area contributed by atoms with Crippen LogP contribution in [-0.2, 0) is 16.3 Å². The summed E-state index contributed by atoms with van der Waals surface area (Å²) in [4.78, 5) is 16.6. The van der Waals surface area contributed by atoms with Gasteiger partial charge in [0, 0.05) is 23.5 Å². The molecule has 1 aliphatic heterocycles. The Bertz CT molecular complexity index is 863. The van der Waals surface area contributed by atoms with E-state index in [1.165, 1.54) is 5.56 Å². The Hall–Kier alpha value is -2.41. The molecule has 2 N–H and O–H groups in total. The fourth-order valence-corrected chi connectivity index (χ4v) is 4.46. The zero-order valence-electron chi connectivity index (χ0n) is 14.0. The Morgan fingerprint density at radius 2 is 2.00 bits per heavy atom. The summed E-state index contributed by atoms with van der Waals surface area (Å²) in [5.74, 6) is 0.429. The first-order valence-corrected chi connectivity index (χ1v) is 10.1. The van der Waals surface area contributed by atoms with Crippen molar-refractivity contribution in [3.8, 4) is 0 Å². The summed E-state index contributed by atoms with van der Waals surface area (Å²) >= 11 is 0. The summed E-state index contributed by atoms with van der Waals surface area (Å²) in [6.07, 6.45) is 3.00. The lowest BCUT2D eigenvalue weighted by atomic mass is 10.1. The molecular formula is C18H21N3O3S. The average Bonchev–Trinajstić information content (AvgIpc) is 2.94. The topological polar surface area (TPSA) is 88.2 Å². The van der Waals surface area contributed by atoms with Crippen molar-refractivity contribution in [2.24, 2.45) is 0 Å². The highest BCUT2D eigenvalue weighted by Crippen LogP contribution is 2.17. The van der Waals surface area contributed by atoms with Gasteiger partial charge in [-0.25, -0.2) is 13.4 Å². The molecule has 0 saturated carbocycles. The van der Waals surface area contributed by atoms with E-state index in [0.717, 1.165) is 12.1 Å². The van der Waals surface area contributed by atoms with Crippen molar-refractivity contribution in [2.45, 2.75) is 25.8 Å². The van der Waals surface area contributed by atoms with Gasteiger partial charge in [0.05, 0.1) is 11.5 Å². The SMILES string of the molecule is CCc1ccc(Nc2cc(C(=O)NC3CCS(=O)(=O)C3)ccn2)cc1. The second kappa shape index (κ2) is 7.23. The van der Waals surface area contributed by atoms with E-state index in [4.69, 9.17) is 0 Å². The quantitative estimate of drug-likeness (QED) is 0.855. The maximum atomic E-state index is 12.3. The van der Waals surface area contributed by atoms with Gasteiger partial charge in [-0.15, -0.1) is 0 Å². The molecule has 0 spiro atoms. The van der Waals surface area contributed by atoms with Crippen LogP contribution in [0.4, 0.5) is 11.5 Å². The molecule has 132 valence electrons. The van der Waals surface area contributed by atoms with Crippen LogP contribution in [-0.4, -0.2) is 36.9 Å². The van der Waals surface area contributed by atoms with Crippen molar-refractivity contribution in [1.82, 2.24) is 10.3 Å². The highest BCUT2D eigenvalue weighted by atomic mass is 32.2. The van der Waals surface area contributed by atoms with Crippen LogP contribution in [0.2, 0.25) is 0 Å². The van der Waals surface area contributed by atoms with Gasteiger partial charge in [0.2, 0.25) is 0 Å². The van der Waals surface area contributed by atoms with Crippen LogP contribution < -0.4 is 10.6 Å². The number of aryl methyl sites for hydroxylation is 1. The van der Waals surface area contributed by atoms with Gasteiger partial charge in [-0.1, -0.05) is 19.1 Å². The molecule has 6 nitrogen and oxygen atoms in total. The van der Waals surface area contributed by atoms with E-state index in [0.29, 0.717) is 17.8 Å². The minimum absolute atomic E-state index is 0.0126. The van der Waals surface area contributed by atoms with Crippen molar-refractivity contribution >= 4 is 27.2 Å². The first-order chi connectivity index (χ1) is 11.9. The van der Waals surface area contributed by atoms with Crippen LogP contribution in [0.1, 0.15) is 29.3 Å². The maximum absolute atomic E-state index is 12.3. The molecule has 0 radical (unpaired) electrons. The van der Waals surface area contributed by atoms with E-state index >= 15 is 0 Å². The van der Waals surface area contributed by atoms with E-state index in [9.17, 15) is 13.2 Å². The third-order valence-corrected chi connectivity index (χ3v) is 5.99. The number of sulfone groups is 1. The monoisotopic (exact) mass is 359 g/mol. The molecule has 1 aliphatic rings. The normalized spacial score (nSPS) is 18.7. The summed E-state index contributed by atoms with van der Waals surface area (Å²) in [5.41, 5.74) is 2.59. The number of amides is 1. The zero-order chi connectivity index (χ0) is 17.9. The fourth-order valence-electron chi connectivity index (χ4n) is 2.79. The van der Waals surface area contributed by atoms with Crippen molar-refractivity contribution < 1.29 is 13.2 Å². The lowest BCUT2D eigenvalue weighted by Gasteiger charge is -2.12. The number of anilines is 2. The summed E-state index contributed by atoms with van der Waals surface area (Å²) in [7, 11) is -3.02. The Balaban J connectivity index is 1.67. The van der Waals surface area contributed by atoms with Crippen LogP contribution in [0.3, 0.4) is 0 Å². The molecule has 1 atom stereocenters. The lowest BCUT2D eigenvalue weighted by molar-refractivity contribution is 0.0941. The molecule has 1 aromatic heterocycles. The van der Waals surface area contributed by atoms with Gasteiger partial charge in [-0.3, -0.25) is 4.79 Å². The van der Waals surface area contributed by atoms with Crippen molar-refractivity contribution in [3.63, 3.8) is 0 Å². The van der Waals surface area contributed by atoms with Gasteiger partial charge >= 0.3 is 0 Å². The molecular weight excluding hydrogens is 338 g/mol. The standard InChI is InChI=1S/C18H21N3O3S/c1-2-13-3-5-15(6-4-13)20-17-11-14(7-9-19-17)18(22)21-16-8-10-25(23,24)12-16/h3-7,9,11,16H,2,8,10,12H2,1H3,(H,19,20)(H,21,22). The molecule has 0 bridgehead atoms. The number of benzene rings is 1. The molecule has 1 amide bonds. The van der Waals surface area contributed by atoms with Crippen LogP contribution >= 0.6 is 0 Å². The highest BCUT2D eigenvalue weighted by Gasteiger charge is 2.29. The van der Waals surface area contributed by atoms with Gasteiger partial charge in [0.15, 0.2) is 9.84 Å². The number of hydrogen-bond donors (Lipinski definition) is 2. The number of carbonyl (C=O) groups excluding carboxylic acids is 1. The maximum Gasteiger partial charge on any atom is 0.251 e. The van der Waals surface area contributed by atoms with E-state index in [1.807, 2.05) is 24.3 Å². The Morgan fingerprint density at radius 3 is 2.64 bits per heavy atom. The third kappa shape index (κ3) is 4.57. The van der Waals surface area contributed by atoms with Crippen LogP contribution in [0.5, 0.6) is 0 Å². The van der Waals surface area contributed by atoms with Gasteiger partial charge in [0.25, 0.3) is 5.91 Å². The minimum atomic E-state index is -3.02. The molecule has 25 heavy (non-hydrogen) atoms. The second-order valence-corrected chi connectivity index (χ2v) is 8.41. The average molecular weight is 359 g/mol. The number of pyridine rings is 1. The number of nitrogens with one attached hydrogen (secondary N) is 2. The molecule has 1 saturated heterocycles. The molecule has 2 aromatic rings. The van der Waals surface area contributed by atoms with E-state index in [-0.39, 0.29) is 23.5 Å². The number of aromatic nitrogens is 1. The van der Waals surface area contributed by atoms with E-state index < -0.39 is 9.84 Å². The summed E-state index contributed by atoms with van der Waals surface area (Å²) < 4.78 is 23.0. The van der Waals surface area contributed by atoms with Gasteiger partial charge in [-0.05, 0) is 42.7 Å². The largest absolute Gasteiger partial charge is 0.348 e. The van der Waals surface area contributed by atoms with E-state index in [2.05, 4.69) is 22.5 Å². The summed E-state index contributed by atoms with van der Waals surface area (Å²) in [5, 5.41) is 5.95. The van der Waals surface area contributed by atoms with Crippen LogP contribution in [0, 0.1) is 0 Å². The molecule has 1 unspecified atom stereocenters.